The van der Waals surface area contributed by atoms with Crippen molar-refractivity contribution in [3.8, 4) is 11.5 Å². The lowest BCUT2D eigenvalue weighted by Crippen LogP contribution is -2.07. The first kappa shape index (κ1) is 17.9. The van der Waals surface area contributed by atoms with Crippen LogP contribution in [0.1, 0.15) is 35.6 Å². The first-order chi connectivity index (χ1) is 13.7. The van der Waals surface area contributed by atoms with Crippen LogP contribution in [0.4, 0.5) is 4.39 Å². The van der Waals surface area contributed by atoms with E-state index in [0.717, 1.165) is 17.0 Å². The molecule has 0 aliphatic heterocycles. The normalized spacial score (nSPS) is 12.1. The maximum absolute atomic E-state index is 13.2. The lowest BCUT2D eigenvalue weighted by molar-refractivity contribution is 0.568. The van der Waals surface area contributed by atoms with Crippen LogP contribution < -0.4 is 0 Å². The van der Waals surface area contributed by atoms with Gasteiger partial charge in [0, 0.05) is 31.4 Å². The molecular formula is C21H18FN5O. The van der Waals surface area contributed by atoms with Crippen LogP contribution >= 0.6 is 0 Å². The van der Waals surface area contributed by atoms with Gasteiger partial charge in [-0.15, -0.1) is 0 Å². The Balaban J connectivity index is 1.64. The molecule has 3 heterocycles. The van der Waals surface area contributed by atoms with Crippen molar-refractivity contribution in [1.82, 2.24) is 24.9 Å². The smallest absolute Gasteiger partial charge is 0.181 e. The molecule has 0 N–H and O–H groups in total. The third kappa shape index (κ3) is 4.25. The maximum Gasteiger partial charge on any atom is 0.181 e. The summed E-state index contributed by atoms with van der Waals surface area (Å²) >= 11 is 0. The standard InChI is InChI=1S/C21H18FN5O/c1-14(15-2-4-16(22)5-3-15)8-21-26-17(9-18-11-23-6-7-25-18)10-19(27-21)20-12-24-13-28-20/h2-7,10-14H,8-9H2,1H3/t14-/m1/s1. The van der Waals surface area contributed by atoms with Gasteiger partial charge >= 0.3 is 0 Å². The van der Waals surface area contributed by atoms with Crippen molar-refractivity contribution in [3.05, 3.63) is 90.1 Å². The van der Waals surface area contributed by atoms with Crippen molar-refractivity contribution >= 4 is 0 Å². The molecule has 28 heavy (non-hydrogen) atoms. The third-order valence-electron chi connectivity index (χ3n) is 4.42. The van der Waals surface area contributed by atoms with Gasteiger partial charge in [0.2, 0.25) is 0 Å². The summed E-state index contributed by atoms with van der Waals surface area (Å²) in [6, 6.07) is 8.40. The van der Waals surface area contributed by atoms with Crippen molar-refractivity contribution in [2.24, 2.45) is 0 Å². The molecule has 3 aromatic heterocycles. The molecule has 0 spiro atoms. The summed E-state index contributed by atoms with van der Waals surface area (Å²) in [6.45, 7) is 2.07. The van der Waals surface area contributed by atoms with E-state index in [2.05, 4.69) is 26.9 Å². The quantitative estimate of drug-likeness (QED) is 0.507. The molecule has 0 saturated carbocycles. The summed E-state index contributed by atoms with van der Waals surface area (Å²) in [4.78, 5) is 21.8. The van der Waals surface area contributed by atoms with Gasteiger partial charge in [-0.25, -0.2) is 19.3 Å². The second kappa shape index (κ2) is 8.04. The number of aromatic nitrogens is 5. The summed E-state index contributed by atoms with van der Waals surface area (Å²) in [5.41, 5.74) is 3.35. The molecule has 4 rings (SSSR count). The minimum Gasteiger partial charge on any atom is -0.442 e. The van der Waals surface area contributed by atoms with Gasteiger partial charge in [-0.1, -0.05) is 19.1 Å². The summed E-state index contributed by atoms with van der Waals surface area (Å²) < 4.78 is 18.6. The summed E-state index contributed by atoms with van der Waals surface area (Å²) in [6.07, 6.45) is 9.17. The van der Waals surface area contributed by atoms with Crippen LogP contribution in [-0.2, 0) is 12.8 Å². The Morgan fingerprint density at radius 1 is 1.00 bits per heavy atom. The molecule has 140 valence electrons. The van der Waals surface area contributed by atoms with E-state index >= 15 is 0 Å². The van der Waals surface area contributed by atoms with E-state index < -0.39 is 0 Å². The SMILES string of the molecule is C[C@H](Cc1nc(Cc2cnccn2)cc(-c2cnco2)n1)c1ccc(F)cc1. The first-order valence-corrected chi connectivity index (χ1v) is 8.93. The molecule has 7 heteroatoms. The van der Waals surface area contributed by atoms with Gasteiger partial charge in [-0.05, 0) is 29.7 Å². The molecule has 0 radical (unpaired) electrons. The molecule has 0 fully saturated rings. The fourth-order valence-corrected chi connectivity index (χ4v) is 2.99. The number of oxazole rings is 1. The molecule has 0 unspecified atom stereocenters. The number of halogens is 1. The molecule has 0 amide bonds. The number of hydrogen-bond acceptors (Lipinski definition) is 6. The molecule has 6 nitrogen and oxygen atoms in total. The van der Waals surface area contributed by atoms with E-state index in [1.165, 1.54) is 18.5 Å². The van der Waals surface area contributed by atoms with Crippen molar-refractivity contribution in [2.75, 3.05) is 0 Å². The highest BCUT2D eigenvalue weighted by molar-refractivity contribution is 5.51. The predicted octanol–water partition coefficient (Wildman–Crippen LogP) is 4.00. The van der Waals surface area contributed by atoms with E-state index in [1.54, 1.807) is 36.9 Å². The maximum atomic E-state index is 13.2. The van der Waals surface area contributed by atoms with E-state index in [1.807, 2.05) is 6.07 Å². The Morgan fingerprint density at radius 2 is 1.86 bits per heavy atom. The van der Waals surface area contributed by atoms with Gasteiger partial charge in [0.1, 0.15) is 17.3 Å². The molecule has 0 saturated heterocycles. The summed E-state index contributed by atoms with van der Waals surface area (Å²) in [7, 11) is 0. The molecule has 0 aliphatic rings. The summed E-state index contributed by atoms with van der Waals surface area (Å²) in [5.74, 6) is 1.16. The number of hydrogen-bond donors (Lipinski definition) is 0. The number of nitrogens with zero attached hydrogens (tertiary/aromatic N) is 5. The Morgan fingerprint density at radius 3 is 2.57 bits per heavy atom. The van der Waals surface area contributed by atoms with Crippen LogP contribution in [-0.4, -0.2) is 24.9 Å². The highest BCUT2D eigenvalue weighted by atomic mass is 19.1. The van der Waals surface area contributed by atoms with E-state index in [9.17, 15) is 4.39 Å². The van der Waals surface area contributed by atoms with Crippen LogP contribution in [0.3, 0.4) is 0 Å². The van der Waals surface area contributed by atoms with Gasteiger partial charge in [0.05, 0.1) is 17.6 Å². The van der Waals surface area contributed by atoms with Gasteiger partial charge in [-0.2, -0.15) is 0 Å². The van der Waals surface area contributed by atoms with Crippen LogP contribution in [0.25, 0.3) is 11.5 Å². The topological polar surface area (TPSA) is 77.6 Å². The zero-order valence-electron chi connectivity index (χ0n) is 15.3. The lowest BCUT2D eigenvalue weighted by atomic mass is 9.97. The zero-order chi connectivity index (χ0) is 19.3. The van der Waals surface area contributed by atoms with Gasteiger partial charge in [0.25, 0.3) is 0 Å². The van der Waals surface area contributed by atoms with Crippen molar-refractivity contribution in [2.45, 2.75) is 25.7 Å². The fraction of sp³-hybridized carbons (Fsp3) is 0.190. The third-order valence-corrected chi connectivity index (χ3v) is 4.42. The van der Waals surface area contributed by atoms with Gasteiger partial charge < -0.3 is 4.42 Å². The van der Waals surface area contributed by atoms with Gasteiger partial charge in [-0.3, -0.25) is 9.97 Å². The average molecular weight is 375 g/mol. The molecule has 0 aliphatic carbocycles. The van der Waals surface area contributed by atoms with Crippen LogP contribution in [0, 0.1) is 5.82 Å². The zero-order valence-corrected chi connectivity index (χ0v) is 15.3. The molecular weight excluding hydrogens is 357 g/mol. The Hall–Kier alpha value is -3.48. The van der Waals surface area contributed by atoms with E-state index in [-0.39, 0.29) is 11.7 Å². The van der Waals surface area contributed by atoms with Gasteiger partial charge in [0.15, 0.2) is 12.2 Å². The second-order valence-electron chi connectivity index (χ2n) is 6.56. The first-order valence-electron chi connectivity index (χ1n) is 8.93. The van der Waals surface area contributed by atoms with Crippen molar-refractivity contribution in [3.63, 3.8) is 0 Å². The van der Waals surface area contributed by atoms with E-state index in [4.69, 9.17) is 9.40 Å². The second-order valence-corrected chi connectivity index (χ2v) is 6.56. The Kier molecular flexibility index (Phi) is 5.14. The minimum atomic E-state index is -0.245. The lowest BCUT2D eigenvalue weighted by Gasteiger charge is -2.12. The van der Waals surface area contributed by atoms with Crippen molar-refractivity contribution < 1.29 is 8.81 Å². The largest absolute Gasteiger partial charge is 0.442 e. The number of benzene rings is 1. The average Bonchev–Trinajstić information content (AvgIpc) is 3.24. The molecule has 4 aromatic rings. The Bertz CT molecular complexity index is 1040. The molecule has 1 aromatic carbocycles. The van der Waals surface area contributed by atoms with Crippen LogP contribution in [0.2, 0.25) is 0 Å². The highest BCUT2D eigenvalue weighted by Gasteiger charge is 2.14. The predicted molar refractivity (Wildman–Crippen MR) is 101 cm³/mol. The Labute approximate surface area is 161 Å². The minimum absolute atomic E-state index is 0.134. The number of rotatable bonds is 6. The van der Waals surface area contributed by atoms with Crippen LogP contribution in [0.15, 0.2) is 65.9 Å². The summed E-state index contributed by atoms with van der Waals surface area (Å²) in [5, 5.41) is 0. The molecule has 1 atom stereocenters. The molecule has 0 bridgehead atoms. The monoisotopic (exact) mass is 375 g/mol. The van der Waals surface area contributed by atoms with Crippen molar-refractivity contribution in [1.29, 1.82) is 0 Å². The fourth-order valence-electron chi connectivity index (χ4n) is 2.99. The van der Waals surface area contributed by atoms with Crippen LogP contribution in [0.5, 0.6) is 0 Å². The highest BCUT2D eigenvalue weighted by Crippen LogP contribution is 2.23. The van der Waals surface area contributed by atoms with E-state index in [0.29, 0.717) is 30.1 Å².